The van der Waals surface area contributed by atoms with E-state index >= 15 is 0 Å². The lowest BCUT2D eigenvalue weighted by Gasteiger charge is -2.07. The highest BCUT2D eigenvalue weighted by Gasteiger charge is 2.29. The SMILES string of the molecule is C=C(/C=C(\C)C(F)(F)F)c1cccnc1.CC.Cc1ccc(NC(=O)c2ccc(Oc3ccccc3)nc2)nc1. The van der Waals surface area contributed by atoms with Gasteiger partial charge in [0.2, 0.25) is 5.88 Å². The lowest BCUT2D eigenvalue weighted by atomic mass is 10.1. The largest absolute Gasteiger partial charge is 0.439 e. The normalized spacial score (nSPS) is 10.7. The summed E-state index contributed by atoms with van der Waals surface area (Å²) in [5.74, 6) is 1.37. The number of alkyl halides is 3. The first-order chi connectivity index (χ1) is 19.1. The molecule has 1 N–H and O–H groups in total. The Kier molecular flexibility index (Phi) is 12.2. The monoisotopic (exact) mass is 548 g/mol. The topological polar surface area (TPSA) is 77.0 Å². The molecule has 0 aliphatic heterocycles. The highest BCUT2D eigenvalue weighted by Crippen LogP contribution is 2.27. The fraction of sp³-hybridized carbons (Fsp3) is 0.161. The Bertz CT molecular complexity index is 1370. The molecule has 0 fully saturated rings. The number of carbonyl (C=O) groups is 1. The van der Waals surface area contributed by atoms with Gasteiger partial charge in [0, 0.05) is 36.4 Å². The molecule has 0 aliphatic carbocycles. The van der Waals surface area contributed by atoms with Crippen LogP contribution in [0.25, 0.3) is 5.57 Å². The maximum atomic E-state index is 12.2. The Balaban J connectivity index is 0.000000287. The molecule has 6 nitrogen and oxygen atoms in total. The fourth-order valence-electron chi connectivity index (χ4n) is 2.89. The molecule has 40 heavy (non-hydrogen) atoms. The quantitative estimate of drug-likeness (QED) is 0.245. The molecular weight excluding hydrogens is 517 g/mol. The van der Waals surface area contributed by atoms with Gasteiger partial charge < -0.3 is 10.1 Å². The number of hydrogen-bond donors (Lipinski definition) is 1. The van der Waals surface area contributed by atoms with Crippen LogP contribution in [0.5, 0.6) is 11.6 Å². The van der Waals surface area contributed by atoms with Crippen LogP contribution >= 0.6 is 0 Å². The van der Waals surface area contributed by atoms with Gasteiger partial charge in [-0.3, -0.25) is 9.78 Å². The molecule has 3 aromatic heterocycles. The van der Waals surface area contributed by atoms with E-state index in [0.29, 0.717) is 34.1 Å². The third-order valence-electron chi connectivity index (χ3n) is 4.99. The summed E-state index contributed by atoms with van der Waals surface area (Å²) in [6, 6.07) is 19.6. The molecule has 0 saturated heterocycles. The van der Waals surface area contributed by atoms with Gasteiger partial charge in [-0.1, -0.05) is 50.8 Å². The molecule has 0 saturated carbocycles. The molecule has 0 aliphatic rings. The number of ether oxygens (including phenoxy) is 1. The second-order valence-corrected chi connectivity index (χ2v) is 8.07. The first kappa shape index (κ1) is 31.4. The number of halogens is 3. The van der Waals surface area contributed by atoms with E-state index in [1.807, 2.05) is 57.2 Å². The van der Waals surface area contributed by atoms with Crippen molar-refractivity contribution in [1.29, 1.82) is 0 Å². The van der Waals surface area contributed by atoms with Crippen LogP contribution in [0.4, 0.5) is 19.0 Å². The van der Waals surface area contributed by atoms with E-state index in [-0.39, 0.29) is 5.91 Å². The molecule has 0 atom stereocenters. The highest BCUT2D eigenvalue weighted by molar-refractivity contribution is 6.03. The number of carbonyl (C=O) groups excluding carboxylic acids is 1. The molecule has 0 unspecified atom stereocenters. The predicted octanol–water partition coefficient (Wildman–Crippen LogP) is 8.46. The van der Waals surface area contributed by atoms with E-state index < -0.39 is 11.7 Å². The van der Waals surface area contributed by atoms with Gasteiger partial charge in [0.05, 0.1) is 5.56 Å². The number of hydrogen-bond acceptors (Lipinski definition) is 5. The Morgan fingerprint density at radius 1 is 0.900 bits per heavy atom. The molecule has 208 valence electrons. The molecular formula is C31H31F3N4O2. The number of para-hydroxylation sites is 1. The average molecular weight is 549 g/mol. The number of rotatable bonds is 6. The smallest absolute Gasteiger partial charge is 0.412 e. The minimum atomic E-state index is -4.30. The summed E-state index contributed by atoms with van der Waals surface area (Å²) in [7, 11) is 0. The molecule has 3 heterocycles. The zero-order valence-corrected chi connectivity index (χ0v) is 22.7. The molecule has 0 spiro atoms. The summed E-state index contributed by atoms with van der Waals surface area (Å²) in [6.07, 6.45) is 2.91. The number of pyridine rings is 3. The Labute approximate surface area is 232 Å². The zero-order valence-electron chi connectivity index (χ0n) is 22.7. The van der Waals surface area contributed by atoms with Gasteiger partial charge in [-0.05, 0) is 67.0 Å². The van der Waals surface area contributed by atoms with Crippen molar-refractivity contribution in [2.45, 2.75) is 33.9 Å². The molecule has 4 rings (SSSR count). The van der Waals surface area contributed by atoms with E-state index in [4.69, 9.17) is 4.74 Å². The Morgan fingerprint density at radius 3 is 2.17 bits per heavy atom. The van der Waals surface area contributed by atoms with Gasteiger partial charge in [0.1, 0.15) is 11.6 Å². The first-order valence-electron chi connectivity index (χ1n) is 12.4. The van der Waals surface area contributed by atoms with E-state index in [0.717, 1.165) is 18.6 Å². The lowest BCUT2D eigenvalue weighted by molar-refractivity contribution is -0.0912. The summed E-state index contributed by atoms with van der Waals surface area (Å²) in [5, 5.41) is 2.72. The van der Waals surface area contributed by atoms with Crippen molar-refractivity contribution in [3.63, 3.8) is 0 Å². The molecule has 4 aromatic rings. The number of aromatic nitrogens is 3. The first-order valence-corrected chi connectivity index (χ1v) is 12.4. The minimum absolute atomic E-state index is 0.264. The van der Waals surface area contributed by atoms with Crippen LogP contribution in [-0.4, -0.2) is 27.0 Å². The van der Waals surface area contributed by atoms with Gasteiger partial charge in [0.15, 0.2) is 0 Å². The van der Waals surface area contributed by atoms with Crippen molar-refractivity contribution < 1.29 is 22.7 Å². The average Bonchev–Trinajstić information content (AvgIpc) is 2.96. The summed E-state index contributed by atoms with van der Waals surface area (Å²) >= 11 is 0. The van der Waals surface area contributed by atoms with Crippen LogP contribution in [0.1, 0.15) is 42.3 Å². The van der Waals surface area contributed by atoms with Crippen molar-refractivity contribution >= 4 is 17.3 Å². The number of allylic oxidation sites excluding steroid dienone is 3. The van der Waals surface area contributed by atoms with Crippen molar-refractivity contribution in [2.24, 2.45) is 0 Å². The van der Waals surface area contributed by atoms with Gasteiger partial charge in [0.25, 0.3) is 5.91 Å². The van der Waals surface area contributed by atoms with Crippen molar-refractivity contribution in [3.8, 4) is 11.6 Å². The maximum absolute atomic E-state index is 12.2. The zero-order chi connectivity index (χ0) is 29.5. The summed E-state index contributed by atoms with van der Waals surface area (Å²) in [4.78, 5) is 24.2. The van der Waals surface area contributed by atoms with E-state index in [2.05, 4.69) is 26.8 Å². The second-order valence-electron chi connectivity index (χ2n) is 8.07. The number of amides is 1. The number of nitrogens with zero attached hydrogens (tertiary/aromatic N) is 3. The van der Waals surface area contributed by atoms with Crippen molar-refractivity contribution in [2.75, 3.05) is 5.32 Å². The van der Waals surface area contributed by atoms with E-state index in [1.165, 1.54) is 12.4 Å². The number of nitrogens with one attached hydrogen (secondary N) is 1. The van der Waals surface area contributed by atoms with Crippen LogP contribution in [0.15, 0.2) is 110 Å². The number of benzene rings is 1. The molecule has 1 aromatic carbocycles. The molecule has 9 heteroatoms. The Morgan fingerprint density at radius 2 is 1.62 bits per heavy atom. The van der Waals surface area contributed by atoms with Gasteiger partial charge in [-0.25, -0.2) is 9.97 Å². The third kappa shape index (κ3) is 10.5. The molecule has 1 amide bonds. The van der Waals surface area contributed by atoms with E-state index in [1.54, 1.807) is 42.7 Å². The van der Waals surface area contributed by atoms with Crippen LogP contribution < -0.4 is 10.1 Å². The lowest BCUT2D eigenvalue weighted by Crippen LogP contribution is -2.13. The molecule has 0 radical (unpaired) electrons. The third-order valence-corrected chi connectivity index (χ3v) is 4.99. The van der Waals surface area contributed by atoms with Crippen molar-refractivity contribution in [3.05, 3.63) is 126 Å². The predicted molar refractivity (Wildman–Crippen MR) is 152 cm³/mol. The molecule has 0 bridgehead atoms. The standard InChI is InChI=1S/C18H15N3O2.C11H10F3N.C2H6/c1-13-7-9-16(19-11-13)21-18(22)14-8-10-17(20-12-14)23-15-5-3-2-4-6-15;1-8(6-9(2)11(12,13)14)10-4-3-5-15-7-10;1-2/h2-12H,1H3,(H,19,21,22);3-7H,1H2,2H3;1-2H3/b;9-6+;. The number of anilines is 1. The summed E-state index contributed by atoms with van der Waals surface area (Å²) in [5.41, 5.74) is 1.69. The fourth-order valence-corrected chi connectivity index (χ4v) is 2.89. The summed E-state index contributed by atoms with van der Waals surface area (Å²) < 4.78 is 42.2. The van der Waals surface area contributed by atoms with Crippen LogP contribution in [0.2, 0.25) is 0 Å². The van der Waals surface area contributed by atoms with Gasteiger partial charge >= 0.3 is 6.18 Å². The minimum Gasteiger partial charge on any atom is -0.439 e. The van der Waals surface area contributed by atoms with Crippen LogP contribution in [0.3, 0.4) is 0 Å². The second kappa shape index (κ2) is 15.6. The van der Waals surface area contributed by atoms with Gasteiger partial charge in [-0.15, -0.1) is 0 Å². The van der Waals surface area contributed by atoms with Crippen LogP contribution in [0, 0.1) is 6.92 Å². The van der Waals surface area contributed by atoms with Crippen molar-refractivity contribution in [1.82, 2.24) is 15.0 Å². The van der Waals surface area contributed by atoms with Gasteiger partial charge in [-0.2, -0.15) is 13.2 Å². The maximum Gasteiger partial charge on any atom is 0.412 e. The summed E-state index contributed by atoms with van der Waals surface area (Å²) in [6.45, 7) is 10.5. The Hall–Kier alpha value is -4.79. The number of aryl methyl sites for hydroxylation is 1. The van der Waals surface area contributed by atoms with Crippen LogP contribution in [-0.2, 0) is 0 Å². The highest BCUT2D eigenvalue weighted by atomic mass is 19.4. The van der Waals surface area contributed by atoms with E-state index in [9.17, 15) is 18.0 Å².